The van der Waals surface area contributed by atoms with Crippen molar-refractivity contribution < 1.29 is 4.79 Å². The topological polar surface area (TPSA) is 32.3 Å². The van der Waals surface area contributed by atoms with Gasteiger partial charge in [-0.05, 0) is 55.9 Å². The van der Waals surface area contributed by atoms with Crippen LogP contribution in [0.1, 0.15) is 49.4 Å². The first-order valence-electron chi connectivity index (χ1n) is 8.39. The molecule has 1 atom stereocenters. The Morgan fingerprint density at radius 2 is 1.95 bits per heavy atom. The summed E-state index contributed by atoms with van der Waals surface area (Å²) in [5, 5.41) is 6.08. The van der Waals surface area contributed by atoms with E-state index in [9.17, 15) is 4.79 Å². The van der Waals surface area contributed by atoms with Gasteiger partial charge in [-0.3, -0.25) is 4.79 Å². The second-order valence-corrected chi connectivity index (χ2v) is 7.85. The molecule has 2 aliphatic carbocycles. The van der Waals surface area contributed by atoms with E-state index in [2.05, 4.69) is 27.7 Å². The molecule has 2 heterocycles. The van der Waals surface area contributed by atoms with Crippen molar-refractivity contribution in [1.29, 1.82) is 0 Å². The molecular formula is C17H24N2OS. The number of nitrogens with one attached hydrogen (secondary N) is 1. The summed E-state index contributed by atoms with van der Waals surface area (Å²) in [6.45, 7) is 1.91. The minimum Gasteiger partial charge on any atom is -0.342 e. The molecule has 0 aromatic carbocycles. The highest BCUT2D eigenvalue weighted by atomic mass is 32.1. The zero-order valence-electron chi connectivity index (χ0n) is 12.5. The molecule has 3 aliphatic rings. The fourth-order valence-electron chi connectivity index (χ4n) is 3.46. The summed E-state index contributed by atoms with van der Waals surface area (Å²) in [6, 6.07) is 5.57. The Hall–Kier alpha value is -0.870. The number of amides is 1. The number of carbonyl (C=O) groups is 1. The Bertz CT molecular complexity index is 485. The van der Waals surface area contributed by atoms with Crippen molar-refractivity contribution >= 4 is 17.2 Å². The van der Waals surface area contributed by atoms with Gasteiger partial charge in [-0.1, -0.05) is 6.07 Å². The summed E-state index contributed by atoms with van der Waals surface area (Å²) in [5.41, 5.74) is 0. The first kappa shape index (κ1) is 13.8. The van der Waals surface area contributed by atoms with Crippen LogP contribution in [0.15, 0.2) is 17.5 Å². The molecule has 1 aliphatic heterocycles. The Labute approximate surface area is 130 Å². The van der Waals surface area contributed by atoms with Crippen LogP contribution >= 0.6 is 11.3 Å². The second kappa shape index (κ2) is 5.73. The Kier molecular flexibility index (Phi) is 3.76. The lowest BCUT2D eigenvalue weighted by atomic mass is 10.0. The van der Waals surface area contributed by atoms with E-state index >= 15 is 0 Å². The first-order valence-corrected chi connectivity index (χ1v) is 9.27. The molecular weight excluding hydrogens is 280 g/mol. The molecule has 1 amide bonds. The number of piperidine rings is 1. The van der Waals surface area contributed by atoms with Crippen LogP contribution in [0.3, 0.4) is 0 Å². The summed E-state index contributed by atoms with van der Waals surface area (Å²) < 4.78 is 0. The van der Waals surface area contributed by atoms with Crippen molar-refractivity contribution in [3.05, 3.63) is 22.4 Å². The molecule has 1 aromatic heterocycles. The predicted octanol–water partition coefficient (Wildman–Crippen LogP) is 3.19. The van der Waals surface area contributed by atoms with Gasteiger partial charge in [-0.25, -0.2) is 0 Å². The average molecular weight is 304 g/mol. The van der Waals surface area contributed by atoms with E-state index in [4.69, 9.17) is 0 Å². The Balaban J connectivity index is 1.32. The number of hydrogen-bond donors (Lipinski definition) is 1. The normalized spacial score (nSPS) is 25.0. The molecule has 3 fully saturated rings. The van der Waals surface area contributed by atoms with Crippen LogP contribution in [0.25, 0.3) is 0 Å². The number of likely N-dealkylation sites (tertiary alicyclic amines) is 1. The molecule has 1 aromatic rings. The standard InChI is InChI=1S/C17H24N2OS/c20-17(13-5-6-13)19-9-7-14(8-10-19)18-16(12-3-4-12)15-2-1-11-21-15/h1-2,11-14,16,18H,3-10H2. The van der Waals surface area contributed by atoms with Gasteiger partial charge in [-0.15, -0.1) is 11.3 Å². The third kappa shape index (κ3) is 3.16. The summed E-state index contributed by atoms with van der Waals surface area (Å²) in [5.74, 6) is 1.64. The highest BCUT2D eigenvalue weighted by Gasteiger charge is 2.37. The van der Waals surface area contributed by atoms with Crippen LogP contribution in [-0.4, -0.2) is 29.9 Å². The third-order valence-electron chi connectivity index (χ3n) is 5.09. The molecule has 1 saturated heterocycles. The zero-order chi connectivity index (χ0) is 14.2. The molecule has 4 heteroatoms. The van der Waals surface area contributed by atoms with E-state index in [1.165, 1.54) is 17.7 Å². The summed E-state index contributed by atoms with van der Waals surface area (Å²) in [6.07, 6.45) is 7.22. The predicted molar refractivity (Wildman–Crippen MR) is 85.2 cm³/mol. The molecule has 21 heavy (non-hydrogen) atoms. The quantitative estimate of drug-likeness (QED) is 0.906. The molecule has 0 spiro atoms. The van der Waals surface area contributed by atoms with Crippen LogP contribution in [0, 0.1) is 11.8 Å². The van der Waals surface area contributed by atoms with Crippen molar-refractivity contribution in [2.24, 2.45) is 11.8 Å². The number of hydrogen-bond acceptors (Lipinski definition) is 3. The molecule has 1 N–H and O–H groups in total. The van der Waals surface area contributed by atoms with Gasteiger partial charge in [0, 0.05) is 36.0 Å². The lowest BCUT2D eigenvalue weighted by Gasteiger charge is -2.34. The number of rotatable bonds is 5. The van der Waals surface area contributed by atoms with E-state index in [1.807, 2.05) is 11.3 Å². The van der Waals surface area contributed by atoms with E-state index in [1.54, 1.807) is 0 Å². The minimum absolute atomic E-state index is 0.375. The first-order chi connectivity index (χ1) is 10.3. The van der Waals surface area contributed by atoms with Crippen LogP contribution in [0.4, 0.5) is 0 Å². The van der Waals surface area contributed by atoms with Gasteiger partial charge >= 0.3 is 0 Å². The van der Waals surface area contributed by atoms with Gasteiger partial charge in [0.25, 0.3) is 0 Å². The van der Waals surface area contributed by atoms with E-state index in [0.717, 1.165) is 44.7 Å². The highest BCUT2D eigenvalue weighted by molar-refractivity contribution is 7.10. The number of carbonyl (C=O) groups excluding carboxylic acids is 1. The molecule has 2 saturated carbocycles. The van der Waals surface area contributed by atoms with Gasteiger partial charge in [0.15, 0.2) is 0 Å². The summed E-state index contributed by atoms with van der Waals surface area (Å²) in [4.78, 5) is 15.7. The van der Waals surface area contributed by atoms with Crippen molar-refractivity contribution in [1.82, 2.24) is 10.2 Å². The lowest BCUT2D eigenvalue weighted by Crippen LogP contribution is -2.46. The number of nitrogens with zero attached hydrogens (tertiary/aromatic N) is 1. The third-order valence-corrected chi connectivity index (χ3v) is 6.05. The van der Waals surface area contributed by atoms with Crippen LogP contribution in [-0.2, 0) is 4.79 Å². The van der Waals surface area contributed by atoms with Crippen LogP contribution in [0.5, 0.6) is 0 Å². The fraction of sp³-hybridized carbons (Fsp3) is 0.706. The maximum absolute atomic E-state index is 12.1. The molecule has 114 valence electrons. The van der Waals surface area contributed by atoms with Crippen LogP contribution < -0.4 is 5.32 Å². The molecule has 0 bridgehead atoms. The largest absolute Gasteiger partial charge is 0.342 e. The molecule has 1 unspecified atom stereocenters. The molecule has 3 nitrogen and oxygen atoms in total. The summed E-state index contributed by atoms with van der Waals surface area (Å²) in [7, 11) is 0. The minimum atomic E-state index is 0.375. The number of thiophene rings is 1. The van der Waals surface area contributed by atoms with Gasteiger partial charge in [0.05, 0.1) is 0 Å². The van der Waals surface area contributed by atoms with Gasteiger partial charge in [-0.2, -0.15) is 0 Å². The van der Waals surface area contributed by atoms with E-state index in [-0.39, 0.29) is 0 Å². The summed E-state index contributed by atoms with van der Waals surface area (Å²) >= 11 is 1.88. The van der Waals surface area contributed by atoms with Crippen molar-refractivity contribution in [3.8, 4) is 0 Å². The molecule has 4 rings (SSSR count). The van der Waals surface area contributed by atoms with E-state index in [0.29, 0.717) is 23.9 Å². The maximum Gasteiger partial charge on any atom is 0.225 e. The van der Waals surface area contributed by atoms with E-state index < -0.39 is 0 Å². The van der Waals surface area contributed by atoms with Crippen molar-refractivity contribution in [2.45, 2.75) is 50.6 Å². The van der Waals surface area contributed by atoms with Crippen molar-refractivity contribution in [3.63, 3.8) is 0 Å². The van der Waals surface area contributed by atoms with Crippen molar-refractivity contribution in [2.75, 3.05) is 13.1 Å². The SMILES string of the molecule is O=C(C1CC1)N1CCC(NC(c2cccs2)C2CC2)CC1. The second-order valence-electron chi connectivity index (χ2n) is 6.87. The molecule has 0 radical (unpaired) electrons. The lowest BCUT2D eigenvalue weighted by molar-refractivity contribution is -0.133. The van der Waals surface area contributed by atoms with Crippen LogP contribution in [0.2, 0.25) is 0 Å². The fourth-order valence-corrected chi connectivity index (χ4v) is 4.34. The van der Waals surface area contributed by atoms with Gasteiger partial charge in [0.1, 0.15) is 0 Å². The Morgan fingerprint density at radius 1 is 1.19 bits per heavy atom. The average Bonchev–Trinajstić information content (AvgIpc) is 3.43. The maximum atomic E-state index is 12.1. The van der Waals surface area contributed by atoms with Gasteiger partial charge < -0.3 is 10.2 Å². The smallest absolute Gasteiger partial charge is 0.225 e. The monoisotopic (exact) mass is 304 g/mol. The Morgan fingerprint density at radius 3 is 2.52 bits per heavy atom. The highest BCUT2D eigenvalue weighted by Crippen LogP contribution is 2.43. The zero-order valence-corrected chi connectivity index (χ0v) is 13.3. The van der Waals surface area contributed by atoms with Gasteiger partial charge in [0.2, 0.25) is 5.91 Å².